The number of aryl methyl sites for hydroxylation is 3. The van der Waals surface area contributed by atoms with Crippen molar-refractivity contribution in [3.63, 3.8) is 0 Å². The van der Waals surface area contributed by atoms with Gasteiger partial charge in [0.15, 0.2) is 5.82 Å². The van der Waals surface area contributed by atoms with E-state index in [0.29, 0.717) is 0 Å². The van der Waals surface area contributed by atoms with Crippen LogP contribution in [0.15, 0.2) is 24.3 Å². The maximum absolute atomic E-state index is 6.11. The molecule has 0 aliphatic rings. The number of anilines is 3. The Morgan fingerprint density at radius 1 is 1.20 bits per heavy atom. The van der Waals surface area contributed by atoms with Crippen molar-refractivity contribution < 1.29 is 0 Å². The third kappa shape index (κ3) is 3.13. The molecule has 3 N–H and O–H groups in total. The van der Waals surface area contributed by atoms with Crippen LogP contribution < -0.4 is 11.1 Å². The molecule has 0 saturated carbocycles. The van der Waals surface area contributed by atoms with E-state index in [-0.39, 0.29) is 0 Å². The Bertz CT molecular complexity index is 555. The lowest BCUT2D eigenvalue weighted by molar-refractivity contribution is 0.753. The lowest BCUT2D eigenvalue weighted by Crippen LogP contribution is -2.01. The summed E-state index contributed by atoms with van der Waals surface area (Å²) in [4.78, 5) is 0. The van der Waals surface area contributed by atoms with Crippen LogP contribution in [0, 0.1) is 0 Å². The Morgan fingerprint density at radius 3 is 2.45 bits per heavy atom. The molecule has 1 aromatic carbocycles. The largest absolute Gasteiger partial charge is 0.394 e. The van der Waals surface area contributed by atoms with Gasteiger partial charge in [-0.05, 0) is 37.0 Å². The lowest BCUT2D eigenvalue weighted by atomic mass is 10.1. The molecule has 0 spiro atoms. The molecule has 0 aliphatic heterocycles. The van der Waals surface area contributed by atoms with Crippen molar-refractivity contribution >= 4 is 17.2 Å². The van der Waals surface area contributed by atoms with E-state index < -0.39 is 0 Å². The molecule has 0 atom stereocenters. The Morgan fingerprint density at radius 2 is 1.90 bits per heavy atom. The van der Waals surface area contributed by atoms with E-state index in [4.69, 9.17) is 5.73 Å². The van der Waals surface area contributed by atoms with Gasteiger partial charge in [0.2, 0.25) is 0 Å². The van der Waals surface area contributed by atoms with Gasteiger partial charge in [-0.2, -0.15) is 5.10 Å². The van der Waals surface area contributed by atoms with Crippen molar-refractivity contribution in [2.24, 2.45) is 7.05 Å². The van der Waals surface area contributed by atoms with Crippen LogP contribution in [0.25, 0.3) is 0 Å². The molecule has 0 bridgehead atoms. The number of aromatic nitrogens is 2. The zero-order valence-corrected chi connectivity index (χ0v) is 12.6. The van der Waals surface area contributed by atoms with Crippen LogP contribution in [0.5, 0.6) is 0 Å². The van der Waals surface area contributed by atoms with Crippen molar-refractivity contribution in [3.8, 4) is 0 Å². The topological polar surface area (TPSA) is 55.9 Å². The van der Waals surface area contributed by atoms with Crippen LogP contribution in [0.3, 0.4) is 0 Å². The number of benzene rings is 1. The third-order valence-corrected chi connectivity index (χ3v) is 3.53. The molecule has 20 heavy (non-hydrogen) atoms. The van der Waals surface area contributed by atoms with Gasteiger partial charge >= 0.3 is 0 Å². The number of hydrogen-bond acceptors (Lipinski definition) is 3. The van der Waals surface area contributed by atoms with Crippen molar-refractivity contribution in [2.45, 2.75) is 39.5 Å². The summed E-state index contributed by atoms with van der Waals surface area (Å²) in [6, 6.07) is 8.54. The predicted molar refractivity (Wildman–Crippen MR) is 85.3 cm³/mol. The average Bonchev–Trinajstić information content (AvgIpc) is 2.74. The maximum Gasteiger partial charge on any atom is 0.152 e. The third-order valence-electron chi connectivity index (χ3n) is 3.53. The highest BCUT2D eigenvalue weighted by atomic mass is 15.3. The molecular formula is C16H24N4. The van der Waals surface area contributed by atoms with Gasteiger partial charge in [0.05, 0.1) is 11.4 Å². The maximum atomic E-state index is 6.11. The normalized spacial score (nSPS) is 10.8. The van der Waals surface area contributed by atoms with Gasteiger partial charge in [0, 0.05) is 12.7 Å². The standard InChI is InChI=1S/C16H24N4/c1-4-6-7-12-8-10-13(11-9-12)18-16-15(17)14(5-2)19-20(16)3/h8-11,18H,4-7,17H2,1-3H3. The van der Waals surface area contributed by atoms with Gasteiger partial charge in [-0.3, -0.25) is 4.68 Å². The minimum absolute atomic E-state index is 0.741. The van der Waals surface area contributed by atoms with E-state index in [1.165, 1.54) is 18.4 Å². The predicted octanol–water partition coefficient (Wildman–Crippen LogP) is 3.65. The average molecular weight is 272 g/mol. The second-order valence-corrected chi connectivity index (χ2v) is 5.11. The van der Waals surface area contributed by atoms with Gasteiger partial charge in [0.1, 0.15) is 0 Å². The number of rotatable bonds is 6. The first kappa shape index (κ1) is 14.4. The molecule has 1 aromatic heterocycles. The molecule has 4 nitrogen and oxygen atoms in total. The molecule has 108 valence electrons. The van der Waals surface area contributed by atoms with Crippen molar-refractivity contribution in [2.75, 3.05) is 11.1 Å². The van der Waals surface area contributed by atoms with E-state index in [1.54, 1.807) is 4.68 Å². The summed E-state index contributed by atoms with van der Waals surface area (Å²) < 4.78 is 1.80. The minimum atomic E-state index is 0.741. The lowest BCUT2D eigenvalue weighted by Gasteiger charge is -2.08. The van der Waals surface area contributed by atoms with Crippen LogP contribution in [0.1, 0.15) is 37.9 Å². The van der Waals surface area contributed by atoms with Crippen molar-refractivity contribution in [1.29, 1.82) is 0 Å². The van der Waals surface area contributed by atoms with Gasteiger partial charge in [0.25, 0.3) is 0 Å². The number of nitrogens with two attached hydrogens (primary N) is 1. The highest BCUT2D eigenvalue weighted by Crippen LogP contribution is 2.26. The fourth-order valence-corrected chi connectivity index (χ4v) is 2.28. The van der Waals surface area contributed by atoms with E-state index in [2.05, 4.69) is 48.5 Å². The number of hydrogen-bond donors (Lipinski definition) is 2. The smallest absolute Gasteiger partial charge is 0.152 e. The Kier molecular flexibility index (Phi) is 4.66. The quantitative estimate of drug-likeness (QED) is 0.844. The van der Waals surface area contributed by atoms with E-state index in [0.717, 1.165) is 35.7 Å². The fraction of sp³-hybridized carbons (Fsp3) is 0.438. The zero-order valence-electron chi connectivity index (χ0n) is 12.6. The first-order chi connectivity index (χ1) is 9.65. The van der Waals surface area contributed by atoms with Crippen LogP contribution >= 0.6 is 0 Å². The minimum Gasteiger partial charge on any atom is -0.394 e. The molecule has 1 heterocycles. The summed E-state index contributed by atoms with van der Waals surface area (Å²) in [5.74, 6) is 0.864. The molecular weight excluding hydrogens is 248 g/mol. The molecule has 4 heteroatoms. The first-order valence-corrected chi connectivity index (χ1v) is 7.33. The molecule has 2 rings (SSSR count). The van der Waals surface area contributed by atoms with E-state index in [1.807, 2.05) is 7.05 Å². The van der Waals surface area contributed by atoms with Crippen LogP contribution in [-0.2, 0) is 19.9 Å². The monoisotopic (exact) mass is 272 g/mol. The molecule has 0 fully saturated rings. The summed E-state index contributed by atoms with van der Waals surface area (Å²) in [5, 5.41) is 7.77. The van der Waals surface area contributed by atoms with Crippen molar-refractivity contribution in [3.05, 3.63) is 35.5 Å². The van der Waals surface area contributed by atoms with Gasteiger partial charge in [-0.25, -0.2) is 0 Å². The Hall–Kier alpha value is -1.97. The molecule has 0 aliphatic carbocycles. The Balaban J connectivity index is 2.12. The molecule has 0 unspecified atom stereocenters. The highest BCUT2D eigenvalue weighted by molar-refractivity contribution is 5.71. The summed E-state index contributed by atoms with van der Waals surface area (Å²) in [6.07, 6.45) is 4.45. The summed E-state index contributed by atoms with van der Waals surface area (Å²) in [6.45, 7) is 4.28. The zero-order chi connectivity index (χ0) is 14.5. The number of nitrogen functional groups attached to an aromatic ring is 1. The molecule has 0 radical (unpaired) electrons. The van der Waals surface area contributed by atoms with E-state index in [9.17, 15) is 0 Å². The second kappa shape index (κ2) is 6.46. The van der Waals surface area contributed by atoms with Crippen LogP contribution in [-0.4, -0.2) is 9.78 Å². The second-order valence-electron chi connectivity index (χ2n) is 5.11. The SMILES string of the molecule is CCCCc1ccc(Nc2c(N)c(CC)nn2C)cc1. The summed E-state index contributed by atoms with van der Waals surface area (Å²) in [7, 11) is 1.91. The van der Waals surface area contributed by atoms with Crippen LogP contribution in [0.4, 0.5) is 17.2 Å². The fourth-order valence-electron chi connectivity index (χ4n) is 2.28. The highest BCUT2D eigenvalue weighted by Gasteiger charge is 2.11. The molecule has 2 aromatic rings. The number of unbranched alkanes of at least 4 members (excludes halogenated alkanes) is 1. The van der Waals surface area contributed by atoms with Crippen molar-refractivity contribution in [1.82, 2.24) is 9.78 Å². The first-order valence-electron chi connectivity index (χ1n) is 7.33. The molecule has 0 amide bonds. The Labute approximate surface area is 121 Å². The molecule has 0 saturated heterocycles. The summed E-state index contributed by atoms with van der Waals surface area (Å²) >= 11 is 0. The van der Waals surface area contributed by atoms with Gasteiger partial charge in [-0.1, -0.05) is 32.4 Å². The summed E-state index contributed by atoms with van der Waals surface area (Å²) in [5.41, 5.74) is 10.2. The van der Waals surface area contributed by atoms with Gasteiger partial charge in [-0.15, -0.1) is 0 Å². The van der Waals surface area contributed by atoms with Crippen LogP contribution in [0.2, 0.25) is 0 Å². The number of nitrogens with zero attached hydrogens (tertiary/aromatic N) is 2. The van der Waals surface area contributed by atoms with E-state index >= 15 is 0 Å². The number of nitrogens with one attached hydrogen (secondary N) is 1. The van der Waals surface area contributed by atoms with Gasteiger partial charge < -0.3 is 11.1 Å².